The van der Waals surface area contributed by atoms with E-state index in [0.717, 1.165) is 16.9 Å². The first-order valence-electron chi connectivity index (χ1n) is 10.5. The highest BCUT2D eigenvalue weighted by Gasteiger charge is 2.39. The molecule has 0 unspecified atom stereocenters. The predicted octanol–water partition coefficient (Wildman–Crippen LogP) is 4.11. The third kappa shape index (κ3) is 4.02. The number of ketones is 1. The molecule has 0 saturated heterocycles. The maximum absolute atomic E-state index is 13.4. The van der Waals surface area contributed by atoms with Crippen molar-refractivity contribution in [1.82, 2.24) is 5.32 Å². The van der Waals surface area contributed by atoms with Crippen molar-refractivity contribution in [2.75, 3.05) is 20.8 Å². The first-order valence-corrected chi connectivity index (χ1v) is 10.5. The lowest BCUT2D eigenvalue weighted by Gasteiger charge is -2.35. The molecule has 2 aliphatic rings. The van der Waals surface area contributed by atoms with Gasteiger partial charge in [-0.2, -0.15) is 0 Å². The molecule has 2 atom stereocenters. The van der Waals surface area contributed by atoms with Crippen LogP contribution in [0, 0.1) is 0 Å². The Morgan fingerprint density at radius 3 is 2.48 bits per heavy atom. The van der Waals surface area contributed by atoms with Gasteiger partial charge in [0.25, 0.3) is 0 Å². The van der Waals surface area contributed by atoms with Crippen LogP contribution in [0.15, 0.2) is 53.7 Å². The van der Waals surface area contributed by atoms with Crippen molar-refractivity contribution in [3.05, 3.63) is 64.9 Å². The standard InChI is InChI=1S/C25H27NO5/c1-4-31-23-8-6-5-7-17(23)19-14-24(28)26-20-11-15(12-21(27)25(19)20)18-13-16(29-2)9-10-22(18)30-3/h5-10,13,15,19H,4,11-12,14H2,1-3H3,(H,26,28)/t15-,19-/m1/s1. The summed E-state index contributed by atoms with van der Waals surface area (Å²) >= 11 is 0. The largest absolute Gasteiger partial charge is 0.497 e. The molecule has 1 aliphatic carbocycles. The quantitative estimate of drug-likeness (QED) is 0.760. The molecular weight excluding hydrogens is 394 g/mol. The highest BCUT2D eigenvalue weighted by molar-refractivity contribution is 6.02. The second kappa shape index (κ2) is 8.84. The summed E-state index contributed by atoms with van der Waals surface area (Å²) in [5.74, 6) is 1.71. The molecular formula is C25H27NO5. The van der Waals surface area contributed by atoms with E-state index in [1.54, 1.807) is 14.2 Å². The van der Waals surface area contributed by atoms with E-state index in [-0.39, 0.29) is 29.9 Å². The molecule has 1 aliphatic heterocycles. The van der Waals surface area contributed by atoms with Gasteiger partial charge in [-0.25, -0.2) is 0 Å². The average molecular weight is 421 g/mol. The number of hydrogen-bond donors (Lipinski definition) is 1. The number of carbonyl (C=O) groups is 2. The van der Waals surface area contributed by atoms with Gasteiger partial charge in [0.05, 0.1) is 20.8 Å². The van der Waals surface area contributed by atoms with E-state index in [0.29, 0.717) is 42.2 Å². The molecule has 1 N–H and O–H groups in total. The fourth-order valence-corrected chi connectivity index (χ4v) is 4.66. The SMILES string of the molecule is CCOc1ccccc1[C@H]1CC(=O)NC2=C1C(=O)C[C@H](c1cc(OC)ccc1OC)C2. The van der Waals surface area contributed by atoms with Crippen molar-refractivity contribution in [3.63, 3.8) is 0 Å². The van der Waals surface area contributed by atoms with Crippen LogP contribution in [0.3, 0.4) is 0 Å². The number of ether oxygens (including phenoxy) is 3. The van der Waals surface area contributed by atoms with Gasteiger partial charge in [-0.3, -0.25) is 9.59 Å². The number of methoxy groups -OCH3 is 2. The van der Waals surface area contributed by atoms with Crippen LogP contribution in [-0.2, 0) is 9.59 Å². The number of rotatable bonds is 6. The van der Waals surface area contributed by atoms with Crippen LogP contribution in [0.1, 0.15) is 49.1 Å². The maximum atomic E-state index is 13.4. The zero-order chi connectivity index (χ0) is 22.0. The molecule has 162 valence electrons. The molecule has 0 spiro atoms. The summed E-state index contributed by atoms with van der Waals surface area (Å²) in [6.45, 7) is 2.44. The number of amides is 1. The molecule has 0 aromatic heterocycles. The van der Waals surface area contributed by atoms with Gasteiger partial charge < -0.3 is 19.5 Å². The second-order valence-corrected chi connectivity index (χ2v) is 7.80. The molecule has 0 radical (unpaired) electrons. The Morgan fingerprint density at radius 1 is 0.935 bits per heavy atom. The Morgan fingerprint density at radius 2 is 1.74 bits per heavy atom. The van der Waals surface area contributed by atoms with Crippen molar-refractivity contribution in [2.45, 2.75) is 38.0 Å². The molecule has 0 bridgehead atoms. The summed E-state index contributed by atoms with van der Waals surface area (Å²) in [5, 5.41) is 2.97. The van der Waals surface area contributed by atoms with Crippen LogP contribution >= 0.6 is 0 Å². The molecule has 1 amide bonds. The summed E-state index contributed by atoms with van der Waals surface area (Å²) in [6, 6.07) is 13.3. The molecule has 2 aromatic carbocycles. The molecule has 1 heterocycles. The fourth-order valence-electron chi connectivity index (χ4n) is 4.66. The van der Waals surface area contributed by atoms with Gasteiger partial charge in [-0.05, 0) is 37.6 Å². The summed E-state index contributed by atoms with van der Waals surface area (Å²) in [6.07, 6.45) is 1.15. The van der Waals surface area contributed by atoms with E-state index in [1.807, 2.05) is 49.4 Å². The lowest BCUT2D eigenvalue weighted by Crippen LogP contribution is -2.38. The number of carbonyl (C=O) groups excluding carboxylic acids is 2. The van der Waals surface area contributed by atoms with Crippen molar-refractivity contribution >= 4 is 11.7 Å². The maximum Gasteiger partial charge on any atom is 0.225 e. The number of hydrogen-bond acceptors (Lipinski definition) is 5. The number of Topliss-reactive ketones (excluding diaryl/α,β-unsaturated/α-hetero) is 1. The zero-order valence-corrected chi connectivity index (χ0v) is 18.1. The Hall–Kier alpha value is -3.28. The van der Waals surface area contributed by atoms with Crippen molar-refractivity contribution in [3.8, 4) is 17.2 Å². The minimum absolute atomic E-state index is 0.0485. The van der Waals surface area contributed by atoms with Gasteiger partial charge in [0.15, 0.2) is 5.78 Å². The minimum Gasteiger partial charge on any atom is -0.497 e. The van der Waals surface area contributed by atoms with Crippen LogP contribution in [-0.4, -0.2) is 32.5 Å². The first-order chi connectivity index (χ1) is 15.0. The van der Waals surface area contributed by atoms with Gasteiger partial charge in [-0.15, -0.1) is 0 Å². The molecule has 4 rings (SSSR count). The zero-order valence-electron chi connectivity index (χ0n) is 18.1. The third-order valence-electron chi connectivity index (χ3n) is 6.01. The lowest BCUT2D eigenvalue weighted by atomic mass is 9.73. The van der Waals surface area contributed by atoms with Gasteiger partial charge >= 0.3 is 0 Å². The van der Waals surface area contributed by atoms with Crippen molar-refractivity contribution < 1.29 is 23.8 Å². The van der Waals surface area contributed by atoms with Crippen LogP contribution in [0.4, 0.5) is 0 Å². The van der Waals surface area contributed by atoms with E-state index in [4.69, 9.17) is 14.2 Å². The Kier molecular flexibility index (Phi) is 5.98. The van der Waals surface area contributed by atoms with Crippen LogP contribution in [0.2, 0.25) is 0 Å². The normalized spacial score (nSPS) is 20.7. The Balaban J connectivity index is 1.74. The average Bonchev–Trinajstić information content (AvgIpc) is 2.78. The van der Waals surface area contributed by atoms with E-state index in [9.17, 15) is 9.59 Å². The molecule has 0 fully saturated rings. The summed E-state index contributed by atoms with van der Waals surface area (Å²) in [7, 11) is 3.23. The van der Waals surface area contributed by atoms with E-state index >= 15 is 0 Å². The van der Waals surface area contributed by atoms with E-state index < -0.39 is 0 Å². The second-order valence-electron chi connectivity index (χ2n) is 7.80. The van der Waals surface area contributed by atoms with Crippen molar-refractivity contribution in [1.29, 1.82) is 0 Å². The smallest absolute Gasteiger partial charge is 0.225 e. The van der Waals surface area contributed by atoms with Crippen molar-refractivity contribution in [2.24, 2.45) is 0 Å². The third-order valence-corrected chi connectivity index (χ3v) is 6.01. The van der Waals surface area contributed by atoms with Gasteiger partial charge in [0.1, 0.15) is 17.2 Å². The van der Waals surface area contributed by atoms with Gasteiger partial charge in [0, 0.05) is 47.1 Å². The van der Waals surface area contributed by atoms with Gasteiger partial charge in [0.2, 0.25) is 5.91 Å². The lowest BCUT2D eigenvalue weighted by molar-refractivity contribution is -0.122. The summed E-state index contributed by atoms with van der Waals surface area (Å²) in [5.41, 5.74) is 3.20. The predicted molar refractivity (Wildman–Crippen MR) is 117 cm³/mol. The highest BCUT2D eigenvalue weighted by atomic mass is 16.5. The molecule has 6 nitrogen and oxygen atoms in total. The topological polar surface area (TPSA) is 73.9 Å². The van der Waals surface area contributed by atoms with Crippen LogP contribution in [0.5, 0.6) is 17.2 Å². The molecule has 0 saturated carbocycles. The number of nitrogens with one attached hydrogen (secondary N) is 1. The highest BCUT2D eigenvalue weighted by Crippen LogP contribution is 2.46. The molecule has 31 heavy (non-hydrogen) atoms. The number of allylic oxidation sites excluding steroid dienone is 2. The number of para-hydroxylation sites is 1. The van der Waals surface area contributed by atoms with E-state index in [1.165, 1.54) is 0 Å². The van der Waals surface area contributed by atoms with Crippen LogP contribution < -0.4 is 19.5 Å². The monoisotopic (exact) mass is 421 g/mol. The van der Waals surface area contributed by atoms with E-state index in [2.05, 4.69) is 5.32 Å². The van der Waals surface area contributed by atoms with Gasteiger partial charge in [-0.1, -0.05) is 18.2 Å². The molecule has 2 aromatic rings. The fraction of sp³-hybridized carbons (Fsp3) is 0.360. The summed E-state index contributed by atoms with van der Waals surface area (Å²) in [4.78, 5) is 26.0. The number of benzene rings is 2. The Labute approximate surface area is 182 Å². The molecule has 6 heteroatoms. The minimum atomic E-state index is -0.299. The Bertz CT molecular complexity index is 1040. The summed E-state index contributed by atoms with van der Waals surface area (Å²) < 4.78 is 16.7. The van der Waals surface area contributed by atoms with Crippen LogP contribution in [0.25, 0.3) is 0 Å². The first kappa shape index (κ1) is 21.0.